The van der Waals surface area contributed by atoms with Crippen LogP contribution < -0.4 is 5.69 Å². The van der Waals surface area contributed by atoms with E-state index >= 15 is 0 Å². The fourth-order valence-electron chi connectivity index (χ4n) is 5.43. The monoisotopic (exact) mass is 369 g/mol. The minimum Gasteiger partial charge on any atom is -0.306 e. The van der Waals surface area contributed by atoms with E-state index in [2.05, 4.69) is 22.9 Å². The molecule has 2 aromatic rings. The SMILES string of the molecule is CCCCCC1CCC(N2CCC(n3c(=O)[nH]c4ccccc43)CC2)CC1. The molecule has 0 radical (unpaired) electrons. The first-order valence-corrected chi connectivity index (χ1v) is 11.2. The largest absolute Gasteiger partial charge is 0.326 e. The Morgan fingerprint density at radius 3 is 2.44 bits per heavy atom. The molecule has 1 aliphatic carbocycles. The number of aromatic nitrogens is 2. The van der Waals surface area contributed by atoms with Crippen LogP contribution in [0.2, 0.25) is 0 Å². The number of nitrogens with zero attached hydrogens (tertiary/aromatic N) is 2. The molecular weight excluding hydrogens is 334 g/mol. The van der Waals surface area contributed by atoms with E-state index in [9.17, 15) is 4.79 Å². The van der Waals surface area contributed by atoms with Gasteiger partial charge in [-0.05, 0) is 56.6 Å². The van der Waals surface area contributed by atoms with E-state index in [1.807, 2.05) is 22.8 Å². The Morgan fingerprint density at radius 2 is 1.70 bits per heavy atom. The molecule has 27 heavy (non-hydrogen) atoms. The third-order valence-electron chi connectivity index (χ3n) is 7.04. The van der Waals surface area contributed by atoms with E-state index in [1.54, 1.807) is 0 Å². The fourth-order valence-corrected chi connectivity index (χ4v) is 5.43. The van der Waals surface area contributed by atoms with Gasteiger partial charge in [0.05, 0.1) is 11.0 Å². The van der Waals surface area contributed by atoms with Crippen LogP contribution in [0, 0.1) is 5.92 Å². The number of benzene rings is 1. The highest BCUT2D eigenvalue weighted by atomic mass is 16.1. The smallest absolute Gasteiger partial charge is 0.306 e. The van der Waals surface area contributed by atoms with Crippen molar-refractivity contribution in [2.75, 3.05) is 13.1 Å². The first-order chi connectivity index (χ1) is 13.3. The van der Waals surface area contributed by atoms with E-state index < -0.39 is 0 Å². The molecule has 1 saturated heterocycles. The van der Waals surface area contributed by atoms with Crippen molar-refractivity contribution in [1.82, 2.24) is 14.5 Å². The molecule has 4 heteroatoms. The van der Waals surface area contributed by atoms with Gasteiger partial charge in [0.25, 0.3) is 0 Å². The predicted octanol–water partition coefficient (Wildman–Crippen LogP) is 5.11. The summed E-state index contributed by atoms with van der Waals surface area (Å²) in [5.74, 6) is 0.982. The Bertz CT molecular complexity index is 776. The number of unbranched alkanes of at least 4 members (excludes halogenated alkanes) is 2. The van der Waals surface area contributed by atoms with E-state index in [0.717, 1.165) is 48.9 Å². The third kappa shape index (κ3) is 4.16. The molecule has 2 aliphatic rings. The molecule has 0 amide bonds. The number of likely N-dealkylation sites (tertiary alicyclic amines) is 1. The first kappa shape index (κ1) is 18.8. The Labute approximate surface area is 163 Å². The molecule has 0 unspecified atom stereocenters. The van der Waals surface area contributed by atoms with Crippen LogP contribution in [0.15, 0.2) is 29.1 Å². The number of aromatic amines is 1. The number of fused-ring (bicyclic) bond motifs is 1. The quantitative estimate of drug-likeness (QED) is 0.719. The zero-order chi connectivity index (χ0) is 18.6. The lowest BCUT2D eigenvalue weighted by Gasteiger charge is -2.41. The second-order valence-corrected chi connectivity index (χ2v) is 8.75. The van der Waals surface area contributed by atoms with Crippen LogP contribution in [0.5, 0.6) is 0 Å². The number of rotatable bonds is 6. The fraction of sp³-hybridized carbons (Fsp3) is 0.696. The Morgan fingerprint density at radius 1 is 0.963 bits per heavy atom. The van der Waals surface area contributed by atoms with Crippen LogP contribution in [-0.2, 0) is 0 Å². The normalized spacial score (nSPS) is 25.2. The van der Waals surface area contributed by atoms with Gasteiger partial charge in [0.15, 0.2) is 0 Å². The number of para-hydroxylation sites is 2. The first-order valence-electron chi connectivity index (χ1n) is 11.2. The van der Waals surface area contributed by atoms with Crippen molar-refractivity contribution in [2.45, 2.75) is 83.2 Å². The van der Waals surface area contributed by atoms with Crippen molar-refractivity contribution in [3.63, 3.8) is 0 Å². The molecule has 2 heterocycles. The van der Waals surface area contributed by atoms with Gasteiger partial charge in [-0.15, -0.1) is 0 Å². The van der Waals surface area contributed by atoms with Crippen LogP contribution in [0.25, 0.3) is 11.0 Å². The molecule has 1 aromatic carbocycles. The Kier molecular flexibility index (Phi) is 6.01. The number of hydrogen-bond donors (Lipinski definition) is 1. The van der Waals surface area contributed by atoms with Gasteiger partial charge in [-0.3, -0.25) is 4.57 Å². The van der Waals surface area contributed by atoms with E-state index in [1.165, 1.54) is 51.4 Å². The molecule has 1 aliphatic heterocycles. The number of hydrogen-bond acceptors (Lipinski definition) is 2. The summed E-state index contributed by atoms with van der Waals surface area (Å²) in [7, 11) is 0. The molecular formula is C23H35N3O. The maximum atomic E-state index is 12.5. The summed E-state index contributed by atoms with van der Waals surface area (Å²) in [6.45, 7) is 4.58. The van der Waals surface area contributed by atoms with Crippen molar-refractivity contribution < 1.29 is 0 Å². The zero-order valence-corrected chi connectivity index (χ0v) is 16.8. The topological polar surface area (TPSA) is 41.0 Å². The maximum Gasteiger partial charge on any atom is 0.326 e. The summed E-state index contributed by atoms with van der Waals surface area (Å²) in [5.41, 5.74) is 2.09. The predicted molar refractivity (Wildman–Crippen MR) is 112 cm³/mol. The highest BCUT2D eigenvalue weighted by Gasteiger charge is 2.30. The summed E-state index contributed by atoms with van der Waals surface area (Å²) < 4.78 is 2.01. The summed E-state index contributed by atoms with van der Waals surface area (Å²) in [6, 6.07) is 9.22. The van der Waals surface area contributed by atoms with Gasteiger partial charge in [0.2, 0.25) is 0 Å². The lowest BCUT2D eigenvalue weighted by atomic mass is 9.82. The lowest BCUT2D eigenvalue weighted by Crippen LogP contribution is -2.44. The van der Waals surface area contributed by atoms with Gasteiger partial charge in [0.1, 0.15) is 0 Å². The molecule has 148 valence electrons. The summed E-state index contributed by atoms with van der Waals surface area (Å²) >= 11 is 0. The van der Waals surface area contributed by atoms with Crippen LogP contribution in [-0.4, -0.2) is 33.6 Å². The minimum atomic E-state index is 0.0576. The molecule has 0 atom stereocenters. The average molecular weight is 370 g/mol. The molecule has 1 N–H and O–H groups in total. The number of H-pyrrole nitrogens is 1. The van der Waals surface area contributed by atoms with Gasteiger partial charge in [-0.1, -0.05) is 44.7 Å². The molecule has 0 spiro atoms. The Balaban J connectivity index is 1.31. The van der Waals surface area contributed by atoms with E-state index in [0.29, 0.717) is 6.04 Å². The number of imidazole rings is 1. The second-order valence-electron chi connectivity index (χ2n) is 8.75. The lowest BCUT2D eigenvalue weighted by molar-refractivity contribution is 0.0947. The summed E-state index contributed by atoms with van der Waals surface area (Å²) in [4.78, 5) is 18.2. The second kappa shape index (κ2) is 8.64. The van der Waals surface area contributed by atoms with E-state index in [4.69, 9.17) is 0 Å². The highest BCUT2D eigenvalue weighted by Crippen LogP contribution is 2.34. The molecule has 4 nitrogen and oxygen atoms in total. The van der Waals surface area contributed by atoms with Crippen molar-refractivity contribution in [1.29, 1.82) is 0 Å². The van der Waals surface area contributed by atoms with Gasteiger partial charge in [-0.2, -0.15) is 0 Å². The third-order valence-corrected chi connectivity index (χ3v) is 7.04. The molecule has 1 saturated carbocycles. The van der Waals surface area contributed by atoms with Crippen LogP contribution >= 0.6 is 0 Å². The Hall–Kier alpha value is -1.55. The van der Waals surface area contributed by atoms with Crippen molar-refractivity contribution in [2.24, 2.45) is 5.92 Å². The van der Waals surface area contributed by atoms with Crippen molar-refractivity contribution in [3.05, 3.63) is 34.7 Å². The van der Waals surface area contributed by atoms with Crippen molar-refractivity contribution >= 4 is 11.0 Å². The van der Waals surface area contributed by atoms with Gasteiger partial charge >= 0.3 is 5.69 Å². The zero-order valence-electron chi connectivity index (χ0n) is 16.8. The van der Waals surface area contributed by atoms with Crippen LogP contribution in [0.3, 0.4) is 0 Å². The molecule has 1 aromatic heterocycles. The van der Waals surface area contributed by atoms with Gasteiger partial charge in [-0.25, -0.2) is 4.79 Å². The number of nitrogens with one attached hydrogen (secondary N) is 1. The number of piperidine rings is 1. The van der Waals surface area contributed by atoms with Gasteiger partial charge in [0, 0.05) is 25.2 Å². The highest BCUT2D eigenvalue weighted by molar-refractivity contribution is 5.75. The van der Waals surface area contributed by atoms with Gasteiger partial charge < -0.3 is 9.88 Å². The van der Waals surface area contributed by atoms with Crippen LogP contribution in [0.1, 0.15) is 77.2 Å². The van der Waals surface area contributed by atoms with Crippen molar-refractivity contribution in [3.8, 4) is 0 Å². The molecule has 2 fully saturated rings. The molecule has 0 bridgehead atoms. The summed E-state index contributed by atoms with van der Waals surface area (Å²) in [5, 5.41) is 0. The van der Waals surface area contributed by atoms with E-state index in [-0.39, 0.29) is 5.69 Å². The summed E-state index contributed by atoms with van der Waals surface area (Å²) in [6.07, 6.45) is 13.4. The maximum absolute atomic E-state index is 12.5. The van der Waals surface area contributed by atoms with Crippen LogP contribution in [0.4, 0.5) is 0 Å². The minimum absolute atomic E-state index is 0.0576. The molecule has 4 rings (SSSR count). The average Bonchev–Trinajstić information content (AvgIpc) is 3.05. The standard InChI is InChI=1S/C23H35N3O/c1-2-3-4-7-18-10-12-19(13-11-18)25-16-14-20(15-17-25)26-22-9-6-5-8-21(22)24-23(26)27/h5-6,8-9,18-20H,2-4,7,10-17H2,1H3,(H,24,27).